The number of nitrogens with zero attached hydrogens (tertiary/aromatic N) is 1. The van der Waals surface area contributed by atoms with E-state index < -0.39 is 5.54 Å². The number of unbranched alkanes of at least 4 members (excludes halogenated alkanes) is 5. The molecule has 2 amide bonds. The number of hydrogen-bond donors (Lipinski definition) is 1. The minimum Gasteiger partial charge on any atom is -0.342 e. The van der Waals surface area contributed by atoms with Gasteiger partial charge in [0.15, 0.2) is 0 Å². The van der Waals surface area contributed by atoms with Crippen LogP contribution in [0.5, 0.6) is 0 Å². The summed E-state index contributed by atoms with van der Waals surface area (Å²) >= 11 is 0. The van der Waals surface area contributed by atoms with Crippen LogP contribution in [0.3, 0.4) is 0 Å². The van der Waals surface area contributed by atoms with Gasteiger partial charge < -0.3 is 10.2 Å². The van der Waals surface area contributed by atoms with Crippen LogP contribution >= 0.6 is 0 Å². The van der Waals surface area contributed by atoms with Crippen LogP contribution in [-0.4, -0.2) is 34.8 Å². The van der Waals surface area contributed by atoms with E-state index in [-0.39, 0.29) is 17.9 Å². The Morgan fingerprint density at radius 3 is 2.25 bits per heavy atom. The first kappa shape index (κ1) is 17.0. The monoisotopic (exact) mass is 282 g/mol. The van der Waals surface area contributed by atoms with Crippen LogP contribution in [-0.2, 0) is 9.59 Å². The summed E-state index contributed by atoms with van der Waals surface area (Å²) in [4.78, 5) is 26.3. The topological polar surface area (TPSA) is 49.4 Å². The van der Waals surface area contributed by atoms with E-state index in [1.165, 1.54) is 25.7 Å². The van der Waals surface area contributed by atoms with Gasteiger partial charge in [-0.1, -0.05) is 46.0 Å². The van der Waals surface area contributed by atoms with Gasteiger partial charge in [-0.3, -0.25) is 9.59 Å². The van der Waals surface area contributed by atoms with Crippen molar-refractivity contribution in [2.45, 2.75) is 84.2 Å². The minimum atomic E-state index is -0.716. The Bertz CT molecular complexity index is 339. The molecule has 1 heterocycles. The van der Waals surface area contributed by atoms with E-state index in [0.717, 1.165) is 12.8 Å². The van der Waals surface area contributed by atoms with Crippen molar-refractivity contribution < 1.29 is 9.59 Å². The van der Waals surface area contributed by atoms with E-state index >= 15 is 0 Å². The van der Waals surface area contributed by atoms with E-state index in [2.05, 4.69) is 12.2 Å². The highest BCUT2D eigenvalue weighted by atomic mass is 16.2. The summed E-state index contributed by atoms with van der Waals surface area (Å²) in [5.74, 6) is 0.0422. The molecule has 1 N–H and O–H groups in total. The van der Waals surface area contributed by atoms with Gasteiger partial charge in [-0.2, -0.15) is 0 Å². The summed E-state index contributed by atoms with van der Waals surface area (Å²) in [6.45, 7) is 8.51. The van der Waals surface area contributed by atoms with E-state index in [9.17, 15) is 9.59 Å². The summed E-state index contributed by atoms with van der Waals surface area (Å²) in [5.41, 5.74) is -0.716. The molecule has 1 rings (SSSR count). The van der Waals surface area contributed by atoms with Gasteiger partial charge in [0.05, 0.1) is 0 Å². The van der Waals surface area contributed by atoms with Gasteiger partial charge in [0.25, 0.3) is 0 Å². The summed E-state index contributed by atoms with van der Waals surface area (Å²) in [7, 11) is 0. The molecule has 0 saturated carbocycles. The van der Waals surface area contributed by atoms with Crippen molar-refractivity contribution in [3.05, 3.63) is 0 Å². The zero-order chi connectivity index (χ0) is 15.2. The molecule has 20 heavy (non-hydrogen) atoms. The first-order valence-corrected chi connectivity index (χ1v) is 8.07. The van der Waals surface area contributed by atoms with Crippen LogP contribution in [0.25, 0.3) is 0 Å². The maximum Gasteiger partial charge on any atom is 0.246 e. The second-order valence-corrected chi connectivity index (χ2v) is 6.25. The Morgan fingerprint density at radius 1 is 1.05 bits per heavy atom. The zero-order valence-electron chi connectivity index (χ0n) is 13.5. The van der Waals surface area contributed by atoms with E-state index in [1.807, 2.05) is 20.8 Å². The average molecular weight is 282 g/mol. The third kappa shape index (κ3) is 3.97. The first-order valence-electron chi connectivity index (χ1n) is 8.07. The lowest BCUT2D eigenvalue weighted by atomic mass is 9.94. The standard InChI is InChI=1S/C16H30N2O2/c1-5-7-8-9-10-11-12-18-14(19)13(6-2)17-15(20)16(18,3)4/h13H,5-12H2,1-4H3,(H,17,20). The number of hydrogen-bond acceptors (Lipinski definition) is 2. The maximum absolute atomic E-state index is 12.4. The number of rotatable bonds is 8. The van der Waals surface area contributed by atoms with Crippen molar-refractivity contribution in [1.82, 2.24) is 10.2 Å². The van der Waals surface area contributed by atoms with Crippen molar-refractivity contribution in [1.29, 1.82) is 0 Å². The van der Waals surface area contributed by atoms with Crippen LogP contribution in [0, 0.1) is 0 Å². The molecule has 0 aromatic carbocycles. The molecule has 0 aliphatic carbocycles. The molecule has 1 atom stereocenters. The van der Waals surface area contributed by atoms with Crippen LogP contribution in [0.2, 0.25) is 0 Å². The number of piperazine rings is 1. The van der Waals surface area contributed by atoms with Crippen molar-refractivity contribution in [3.8, 4) is 0 Å². The fourth-order valence-corrected chi connectivity index (χ4v) is 2.70. The Hall–Kier alpha value is -1.06. The van der Waals surface area contributed by atoms with Crippen LogP contribution in [0.4, 0.5) is 0 Å². The normalized spacial score (nSPS) is 22.0. The summed E-state index contributed by atoms with van der Waals surface area (Å²) in [5, 5.41) is 2.82. The Balaban J connectivity index is 2.51. The molecule has 0 bridgehead atoms. The van der Waals surface area contributed by atoms with Gasteiger partial charge in [-0.05, 0) is 26.7 Å². The van der Waals surface area contributed by atoms with Gasteiger partial charge in [0.1, 0.15) is 11.6 Å². The van der Waals surface area contributed by atoms with Crippen molar-refractivity contribution in [2.24, 2.45) is 0 Å². The largest absolute Gasteiger partial charge is 0.342 e. The van der Waals surface area contributed by atoms with Crippen LogP contribution in [0.1, 0.15) is 72.6 Å². The van der Waals surface area contributed by atoms with Gasteiger partial charge in [0.2, 0.25) is 11.8 Å². The predicted molar refractivity (Wildman–Crippen MR) is 81.4 cm³/mol. The number of amides is 2. The molecule has 1 unspecified atom stereocenters. The smallest absolute Gasteiger partial charge is 0.246 e. The zero-order valence-corrected chi connectivity index (χ0v) is 13.5. The first-order chi connectivity index (χ1) is 9.45. The van der Waals surface area contributed by atoms with Gasteiger partial charge in [-0.15, -0.1) is 0 Å². The molecule has 1 saturated heterocycles. The fraction of sp³-hybridized carbons (Fsp3) is 0.875. The average Bonchev–Trinajstić information content (AvgIpc) is 2.41. The Morgan fingerprint density at radius 2 is 1.65 bits per heavy atom. The third-order valence-corrected chi connectivity index (χ3v) is 4.24. The molecule has 1 fully saturated rings. The molecule has 116 valence electrons. The fourth-order valence-electron chi connectivity index (χ4n) is 2.70. The summed E-state index contributed by atoms with van der Waals surface area (Å²) < 4.78 is 0. The molecule has 1 aliphatic heterocycles. The lowest BCUT2D eigenvalue weighted by molar-refractivity contribution is -0.155. The Labute approximate surface area is 123 Å². The SMILES string of the molecule is CCCCCCCCN1C(=O)C(CC)NC(=O)C1(C)C. The second kappa shape index (κ2) is 7.65. The molecule has 0 aromatic rings. The van der Waals surface area contributed by atoms with Crippen molar-refractivity contribution in [3.63, 3.8) is 0 Å². The highest BCUT2D eigenvalue weighted by Gasteiger charge is 2.45. The number of nitrogens with one attached hydrogen (secondary N) is 1. The lowest BCUT2D eigenvalue weighted by Crippen LogP contribution is -2.68. The van der Waals surface area contributed by atoms with Gasteiger partial charge in [0, 0.05) is 6.54 Å². The van der Waals surface area contributed by atoms with E-state index in [4.69, 9.17) is 0 Å². The number of carbonyl (C=O) groups is 2. The quantitative estimate of drug-likeness (QED) is 0.696. The highest BCUT2D eigenvalue weighted by Crippen LogP contribution is 2.23. The van der Waals surface area contributed by atoms with Crippen LogP contribution in [0.15, 0.2) is 0 Å². The van der Waals surface area contributed by atoms with E-state index in [0.29, 0.717) is 13.0 Å². The molecular weight excluding hydrogens is 252 g/mol. The summed E-state index contributed by atoms with van der Waals surface area (Å²) in [6.07, 6.45) is 7.81. The highest BCUT2D eigenvalue weighted by molar-refractivity contribution is 5.99. The van der Waals surface area contributed by atoms with Crippen molar-refractivity contribution in [2.75, 3.05) is 6.54 Å². The van der Waals surface area contributed by atoms with Crippen molar-refractivity contribution >= 4 is 11.8 Å². The van der Waals surface area contributed by atoms with Gasteiger partial charge >= 0.3 is 0 Å². The molecular formula is C16H30N2O2. The van der Waals surface area contributed by atoms with Crippen LogP contribution < -0.4 is 5.32 Å². The molecule has 0 spiro atoms. The maximum atomic E-state index is 12.4. The predicted octanol–water partition coefficient (Wildman–Crippen LogP) is 2.86. The van der Waals surface area contributed by atoms with E-state index in [1.54, 1.807) is 4.90 Å². The molecule has 4 nitrogen and oxygen atoms in total. The number of carbonyl (C=O) groups excluding carboxylic acids is 2. The Kier molecular flexibility index (Phi) is 6.50. The minimum absolute atomic E-state index is 0.0325. The second-order valence-electron chi connectivity index (χ2n) is 6.25. The molecule has 0 aromatic heterocycles. The summed E-state index contributed by atoms with van der Waals surface area (Å²) in [6, 6.07) is -0.337. The molecule has 0 radical (unpaired) electrons. The third-order valence-electron chi connectivity index (χ3n) is 4.24. The van der Waals surface area contributed by atoms with Gasteiger partial charge in [-0.25, -0.2) is 0 Å². The molecule has 4 heteroatoms. The lowest BCUT2D eigenvalue weighted by Gasteiger charge is -2.44. The molecule has 1 aliphatic rings.